The second-order valence-corrected chi connectivity index (χ2v) is 8.75. The third kappa shape index (κ3) is 4.12. The van der Waals surface area contributed by atoms with Crippen LogP contribution >= 0.6 is 0 Å². The van der Waals surface area contributed by atoms with Crippen LogP contribution in [0.1, 0.15) is 39.0 Å². The summed E-state index contributed by atoms with van der Waals surface area (Å²) in [4.78, 5) is 5.24. The Labute approximate surface area is 159 Å². The summed E-state index contributed by atoms with van der Waals surface area (Å²) in [5.74, 6) is 1.38. The second kappa shape index (κ2) is 9.00. The highest BCUT2D eigenvalue weighted by Gasteiger charge is 2.56. The quantitative estimate of drug-likeness (QED) is 0.566. The summed E-state index contributed by atoms with van der Waals surface area (Å²) < 4.78 is 18.3. The summed E-state index contributed by atoms with van der Waals surface area (Å²) >= 11 is 0. The van der Waals surface area contributed by atoms with E-state index < -0.39 is 10.8 Å². The molecule has 1 aromatic rings. The van der Waals surface area contributed by atoms with Crippen molar-refractivity contribution in [3.8, 4) is 0 Å². The first kappa shape index (κ1) is 19.4. The van der Waals surface area contributed by atoms with Crippen LogP contribution in [0.4, 0.5) is 0 Å². The molecule has 5 nitrogen and oxygen atoms in total. The predicted octanol–water partition coefficient (Wildman–Crippen LogP) is 2.70. The van der Waals surface area contributed by atoms with Gasteiger partial charge in [0.15, 0.2) is 5.96 Å². The fourth-order valence-corrected chi connectivity index (χ4v) is 5.38. The molecule has 3 atom stereocenters. The highest BCUT2D eigenvalue weighted by Crippen LogP contribution is 2.54. The third-order valence-corrected chi connectivity index (χ3v) is 7.18. The number of guanidine groups is 1. The van der Waals surface area contributed by atoms with Crippen molar-refractivity contribution in [1.82, 2.24) is 10.6 Å². The van der Waals surface area contributed by atoms with Crippen LogP contribution in [0.25, 0.3) is 0 Å². The van der Waals surface area contributed by atoms with Gasteiger partial charge in [-0.25, -0.2) is 0 Å². The van der Waals surface area contributed by atoms with Crippen molar-refractivity contribution in [3.63, 3.8) is 0 Å². The lowest BCUT2D eigenvalue weighted by atomic mass is 9.60. The zero-order chi connectivity index (χ0) is 18.4. The van der Waals surface area contributed by atoms with E-state index in [2.05, 4.69) is 22.5 Å². The summed E-state index contributed by atoms with van der Waals surface area (Å²) in [7, 11) is 0.811. The van der Waals surface area contributed by atoms with Gasteiger partial charge in [-0.15, -0.1) is 0 Å². The molecule has 2 aliphatic carbocycles. The van der Waals surface area contributed by atoms with E-state index in [9.17, 15) is 4.21 Å². The molecule has 0 heterocycles. The lowest BCUT2D eigenvalue weighted by molar-refractivity contribution is -0.125. The van der Waals surface area contributed by atoms with Gasteiger partial charge in [0, 0.05) is 42.3 Å². The maximum absolute atomic E-state index is 12.3. The van der Waals surface area contributed by atoms with Gasteiger partial charge >= 0.3 is 0 Å². The highest BCUT2D eigenvalue weighted by molar-refractivity contribution is 7.85. The van der Waals surface area contributed by atoms with E-state index in [1.165, 1.54) is 25.7 Å². The minimum atomic E-state index is -0.985. The minimum Gasteiger partial charge on any atom is -0.378 e. The van der Waals surface area contributed by atoms with Crippen molar-refractivity contribution in [2.24, 2.45) is 10.4 Å². The number of aliphatic imine (C=N–C) groups is 1. The minimum absolute atomic E-state index is 0.278. The molecule has 1 spiro atoms. The molecule has 6 heteroatoms. The largest absolute Gasteiger partial charge is 0.378 e. The van der Waals surface area contributed by atoms with Gasteiger partial charge in [-0.3, -0.25) is 9.20 Å². The average Bonchev–Trinajstić information content (AvgIpc) is 3.19. The van der Waals surface area contributed by atoms with Crippen molar-refractivity contribution >= 4 is 16.8 Å². The van der Waals surface area contributed by atoms with Gasteiger partial charge in [-0.1, -0.05) is 31.0 Å². The van der Waals surface area contributed by atoms with Crippen LogP contribution in [0, 0.1) is 5.41 Å². The Bertz CT molecular complexity index is 629. The van der Waals surface area contributed by atoms with E-state index in [1.54, 1.807) is 7.05 Å². The Morgan fingerprint density at radius 1 is 1.31 bits per heavy atom. The summed E-state index contributed by atoms with van der Waals surface area (Å²) in [5, 5.41) is 6.93. The van der Waals surface area contributed by atoms with Crippen molar-refractivity contribution in [2.75, 3.05) is 26.0 Å². The van der Waals surface area contributed by atoms with Crippen molar-refractivity contribution in [1.29, 1.82) is 0 Å². The van der Waals surface area contributed by atoms with E-state index in [1.807, 2.05) is 30.3 Å². The molecular weight excluding hydrogens is 346 g/mol. The van der Waals surface area contributed by atoms with Gasteiger partial charge in [-0.05, 0) is 38.3 Å². The Hall–Kier alpha value is -1.40. The fourth-order valence-electron chi connectivity index (χ4n) is 4.40. The van der Waals surface area contributed by atoms with E-state index in [4.69, 9.17) is 4.74 Å². The maximum Gasteiger partial charge on any atom is 0.191 e. The zero-order valence-corrected chi connectivity index (χ0v) is 16.7. The Morgan fingerprint density at radius 3 is 2.69 bits per heavy atom. The maximum atomic E-state index is 12.3. The van der Waals surface area contributed by atoms with Crippen LogP contribution < -0.4 is 10.6 Å². The first-order chi connectivity index (χ1) is 12.7. The summed E-state index contributed by atoms with van der Waals surface area (Å²) in [6.07, 6.45) is 6.50. The number of rotatable bonds is 7. The molecule has 144 valence electrons. The summed E-state index contributed by atoms with van der Waals surface area (Å²) in [5.41, 5.74) is 0.278. The van der Waals surface area contributed by atoms with Gasteiger partial charge in [0.05, 0.1) is 16.9 Å². The van der Waals surface area contributed by atoms with E-state index in [0.29, 0.717) is 24.4 Å². The molecule has 0 saturated heterocycles. The van der Waals surface area contributed by atoms with Crippen LogP contribution in [0.5, 0.6) is 0 Å². The highest BCUT2D eigenvalue weighted by atomic mass is 32.2. The number of hydrogen-bond acceptors (Lipinski definition) is 3. The van der Waals surface area contributed by atoms with E-state index in [-0.39, 0.29) is 5.41 Å². The Kier molecular flexibility index (Phi) is 6.70. The lowest BCUT2D eigenvalue weighted by Crippen LogP contribution is -2.65. The van der Waals surface area contributed by atoms with E-state index >= 15 is 0 Å². The topological polar surface area (TPSA) is 62.7 Å². The summed E-state index contributed by atoms with van der Waals surface area (Å²) in [6, 6.07) is 10.0. The molecule has 0 aliphatic heterocycles. The smallest absolute Gasteiger partial charge is 0.191 e. The van der Waals surface area contributed by atoms with Gasteiger partial charge in [-0.2, -0.15) is 0 Å². The van der Waals surface area contributed by atoms with Crippen LogP contribution in [0.3, 0.4) is 0 Å². The number of nitrogens with zero attached hydrogens (tertiary/aromatic N) is 1. The van der Waals surface area contributed by atoms with Crippen LogP contribution in [-0.2, 0) is 15.5 Å². The van der Waals surface area contributed by atoms with Crippen LogP contribution in [0.2, 0.25) is 0 Å². The normalized spacial score (nSPS) is 25.7. The van der Waals surface area contributed by atoms with Crippen molar-refractivity contribution in [2.45, 2.75) is 56.1 Å². The second-order valence-electron chi connectivity index (χ2n) is 7.18. The Balaban J connectivity index is 1.48. The van der Waals surface area contributed by atoms with Gasteiger partial charge < -0.3 is 15.4 Å². The molecule has 0 amide bonds. The molecule has 3 rings (SSSR count). The number of ether oxygens (including phenoxy) is 1. The third-order valence-electron chi connectivity index (χ3n) is 5.81. The predicted molar refractivity (Wildman–Crippen MR) is 107 cm³/mol. The van der Waals surface area contributed by atoms with Gasteiger partial charge in [0.2, 0.25) is 0 Å². The molecule has 1 aromatic carbocycles. The number of nitrogens with one attached hydrogen (secondary N) is 2. The molecule has 0 aromatic heterocycles. The lowest BCUT2D eigenvalue weighted by Gasteiger charge is -2.54. The molecule has 0 radical (unpaired) electrons. The number of benzene rings is 1. The zero-order valence-electron chi connectivity index (χ0n) is 15.9. The molecule has 0 bridgehead atoms. The van der Waals surface area contributed by atoms with Crippen molar-refractivity contribution in [3.05, 3.63) is 30.3 Å². The molecule has 2 aliphatic rings. The molecule has 2 saturated carbocycles. The van der Waals surface area contributed by atoms with Gasteiger partial charge in [0.25, 0.3) is 0 Å². The van der Waals surface area contributed by atoms with Crippen molar-refractivity contribution < 1.29 is 8.95 Å². The molecule has 3 unspecified atom stereocenters. The average molecular weight is 378 g/mol. The Morgan fingerprint density at radius 2 is 2.04 bits per heavy atom. The molecule has 2 N–H and O–H groups in total. The standard InChI is InChI=1S/C20H31N3O2S/c1-3-25-18-15-17(20(18)11-7-8-12-20)23-19(21-2)22-13-14-26(24)16-9-5-4-6-10-16/h4-6,9-10,17-18H,3,7-8,11-15H2,1-2H3,(H2,21,22,23). The SMILES string of the molecule is CCOC1CC(NC(=NC)NCCS(=O)c2ccccc2)C12CCCC2. The molecule has 2 fully saturated rings. The first-order valence-corrected chi connectivity index (χ1v) is 11.0. The fraction of sp³-hybridized carbons (Fsp3) is 0.650. The van der Waals surface area contributed by atoms with E-state index in [0.717, 1.165) is 23.9 Å². The summed E-state index contributed by atoms with van der Waals surface area (Å²) in [6.45, 7) is 3.50. The molecule has 26 heavy (non-hydrogen) atoms. The first-order valence-electron chi connectivity index (χ1n) is 9.72. The number of hydrogen-bond donors (Lipinski definition) is 2. The monoisotopic (exact) mass is 377 g/mol. The van der Waals surface area contributed by atoms with Crippen LogP contribution in [-0.4, -0.2) is 48.3 Å². The van der Waals surface area contributed by atoms with Crippen LogP contribution in [0.15, 0.2) is 40.2 Å². The molecular formula is C20H31N3O2S. The van der Waals surface area contributed by atoms with Gasteiger partial charge in [0.1, 0.15) is 0 Å².